The van der Waals surface area contributed by atoms with Crippen molar-refractivity contribution in [1.29, 1.82) is 0 Å². The molecule has 2 aliphatic carbocycles. The van der Waals surface area contributed by atoms with Crippen molar-refractivity contribution in [2.75, 3.05) is 0 Å². The Labute approximate surface area is 73.8 Å². The zero-order valence-corrected chi connectivity index (χ0v) is 7.84. The van der Waals surface area contributed by atoms with Gasteiger partial charge in [0.1, 0.15) is 5.78 Å². The minimum Gasteiger partial charge on any atom is -0.299 e. The van der Waals surface area contributed by atoms with Crippen molar-refractivity contribution in [3.05, 3.63) is 11.6 Å². The van der Waals surface area contributed by atoms with Crippen molar-refractivity contribution in [3.63, 3.8) is 0 Å². The number of carbonyl (C=O) groups excluding carboxylic acids is 1. The Kier molecular flexibility index (Phi) is 1.82. The summed E-state index contributed by atoms with van der Waals surface area (Å²) in [5, 5.41) is 0. The van der Waals surface area contributed by atoms with Crippen LogP contribution in [0, 0.1) is 17.8 Å². The van der Waals surface area contributed by atoms with E-state index in [9.17, 15) is 4.79 Å². The Bertz CT molecular complexity index is 239. The predicted molar refractivity (Wildman–Crippen MR) is 48.8 cm³/mol. The van der Waals surface area contributed by atoms with E-state index in [1.165, 1.54) is 18.4 Å². The van der Waals surface area contributed by atoms with Crippen LogP contribution >= 0.6 is 0 Å². The molecule has 2 aliphatic rings. The zero-order valence-electron chi connectivity index (χ0n) is 7.84. The van der Waals surface area contributed by atoms with Gasteiger partial charge in [0, 0.05) is 12.3 Å². The van der Waals surface area contributed by atoms with Gasteiger partial charge in [0.05, 0.1) is 0 Å². The molecule has 12 heavy (non-hydrogen) atoms. The SMILES string of the molecule is CC1=CCC(=O)C2C(C)CCC12. The van der Waals surface area contributed by atoms with E-state index >= 15 is 0 Å². The molecule has 3 unspecified atom stereocenters. The van der Waals surface area contributed by atoms with Gasteiger partial charge in [-0.2, -0.15) is 0 Å². The molecule has 3 atom stereocenters. The van der Waals surface area contributed by atoms with Crippen molar-refractivity contribution < 1.29 is 4.79 Å². The summed E-state index contributed by atoms with van der Waals surface area (Å²) >= 11 is 0. The van der Waals surface area contributed by atoms with Gasteiger partial charge in [0.2, 0.25) is 0 Å². The largest absolute Gasteiger partial charge is 0.299 e. The number of carbonyl (C=O) groups is 1. The molecule has 0 amide bonds. The lowest BCUT2D eigenvalue weighted by Gasteiger charge is -2.25. The fraction of sp³-hybridized carbons (Fsp3) is 0.727. The maximum atomic E-state index is 11.6. The molecule has 0 aromatic rings. The summed E-state index contributed by atoms with van der Waals surface area (Å²) in [4.78, 5) is 11.6. The highest BCUT2D eigenvalue weighted by Gasteiger charge is 2.40. The van der Waals surface area contributed by atoms with Gasteiger partial charge in [-0.3, -0.25) is 4.79 Å². The smallest absolute Gasteiger partial charge is 0.140 e. The van der Waals surface area contributed by atoms with Crippen LogP contribution in [0.1, 0.15) is 33.1 Å². The van der Waals surface area contributed by atoms with Crippen molar-refractivity contribution in [2.45, 2.75) is 33.1 Å². The second kappa shape index (κ2) is 2.72. The van der Waals surface area contributed by atoms with E-state index in [2.05, 4.69) is 19.9 Å². The normalized spacial score (nSPS) is 41.0. The molecule has 1 heteroatoms. The molecule has 0 aromatic carbocycles. The van der Waals surface area contributed by atoms with E-state index in [0.717, 1.165) is 0 Å². The fourth-order valence-electron chi connectivity index (χ4n) is 2.80. The first-order chi connectivity index (χ1) is 5.70. The molecule has 2 rings (SSSR count). The summed E-state index contributed by atoms with van der Waals surface area (Å²) in [7, 11) is 0. The van der Waals surface area contributed by atoms with Gasteiger partial charge >= 0.3 is 0 Å². The number of fused-ring (bicyclic) bond motifs is 1. The third-order valence-corrected chi connectivity index (χ3v) is 3.56. The topological polar surface area (TPSA) is 17.1 Å². The van der Waals surface area contributed by atoms with E-state index in [1.54, 1.807) is 0 Å². The monoisotopic (exact) mass is 164 g/mol. The molecule has 0 bridgehead atoms. The molecule has 0 aliphatic heterocycles. The lowest BCUT2D eigenvalue weighted by Crippen LogP contribution is -2.27. The second-order valence-corrected chi connectivity index (χ2v) is 4.31. The molecule has 0 spiro atoms. The van der Waals surface area contributed by atoms with E-state index in [0.29, 0.717) is 30.0 Å². The molecule has 0 saturated heterocycles. The van der Waals surface area contributed by atoms with Gasteiger partial charge in [-0.15, -0.1) is 0 Å². The molecule has 66 valence electrons. The lowest BCUT2D eigenvalue weighted by molar-refractivity contribution is -0.124. The molecule has 0 N–H and O–H groups in total. The maximum absolute atomic E-state index is 11.6. The molecule has 1 fully saturated rings. The Morgan fingerprint density at radius 1 is 1.42 bits per heavy atom. The average Bonchev–Trinajstić information content (AvgIpc) is 2.42. The van der Waals surface area contributed by atoms with Crippen molar-refractivity contribution in [2.24, 2.45) is 17.8 Å². The van der Waals surface area contributed by atoms with Crippen LogP contribution < -0.4 is 0 Å². The Balaban J connectivity index is 2.29. The van der Waals surface area contributed by atoms with Crippen LogP contribution in [0.5, 0.6) is 0 Å². The molecule has 0 radical (unpaired) electrons. The zero-order chi connectivity index (χ0) is 8.72. The summed E-state index contributed by atoms with van der Waals surface area (Å²) in [5.41, 5.74) is 1.46. The van der Waals surface area contributed by atoms with Crippen LogP contribution in [-0.4, -0.2) is 5.78 Å². The van der Waals surface area contributed by atoms with Crippen molar-refractivity contribution in [1.82, 2.24) is 0 Å². The van der Waals surface area contributed by atoms with Gasteiger partial charge in [-0.25, -0.2) is 0 Å². The Morgan fingerprint density at radius 3 is 2.83 bits per heavy atom. The minimum absolute atomic E-state index is 0.370. The summed E-state index contributed by atoms with van der Waals surface area (Å²) < 4.78 is 0. The number of Topliss-reactive ketones (excluding diaryl/α,β-unsaturated/α-hetero) is 1. The van der Waals surface area contributed by atoms with E-state index in [-0.39, 0.29) is 0 Å². The first-order valence-corrected chi connectivity index (χ1v) is 4.89. The van der Waals surface area contributed by atoms with Crippen LogP contribution in [-0.2, 0) is 4.79 Å². The summed E-state index contributed by atoms with van der Waals surface area (Å²) in [6.07, 6.45) is 5.30. The number of allylic oxidation sites excluding steroid dienone is 2. The van der Waals surface area contributed by atoms with E-state index in [1.807, 2.05) is 0 Å². The van der Waals surface area contributed by atoms with Crippen LogP contribution in [0.25, 0.3) is 0 Å². The quantitative estimate of drug-likeness (QED) is 0.503. The number of hydrogen-bond acceptors (Lipinski definition) is 1. The molecular formula is C11H16O. The molecule has 1 saturated carbocycles. The predicted octanol–water partition coefficient (Wildman–Crippen LogP) is 2.57. The highest BCUT2D eigenvalue weighted by atomic mass is 16.1. The van der Waals surface area contributed by atoms with Crippen molar-refractivity contribution >= 4 is 5.78 Å². The third-order valence-electron chi connectivity index (χ3n) is 3.56. The fourth-order valence-corrected chi connectivity index (χ4v) is 2.80. The highest BCUT2D eigenvalue weighted by molar-refractivity contribution is 5.85. The highest BCUT2D eigenvalue weighted by Crippen LogP contribution is 2.44. The molecule has 0 heterocycles. The average molecular weight is 164 g/mol. The number of rotatable bonds is 0. The Hall–Kier alpha value is -0.590. The summed E-state index contributed by atoms with van der Waals surface area (Å²) in [6.45, 7) is 4.41. The van der Waals surface area contributed by atoms with Crippen LogP contribution in [0.15, 0.2) is 11.6 Å². The van der Waals surface area contributed by atoms with Gasteiger partial charge in [-0.05, 0) is 31.6 Å². The molecule has 0 aromatic heterocycles. The van der Waals surface area contributed by atoms with Gasteiger partial charge in [0.25, 0.3) is 0 Å². The van der Waals surface area contributed by atoms with Gasteiger partial charge < -0.3 is 0 Å². The summed E-state index contributed by atoms with van der Waals surface area (Å²) in [6, 6.07) is 0. The maximum Gasteiger partial charge on any atom is 0.140 e. The summed E-state index contributed by atoms with van der Waals surface area (Å²) in [5.74, 6) is 2.08. The van der Waals surface area contributed by atoms with E-state index < -0.39 is 0 Å². The first kappa shape index (κ1) is 8.03. The molecular weight excluding hydrogens is 148 g/mol. The van der Waals surface area contributed by atoms with Crippen LogP contribution in [0.4, 0.5) is 0 Å². The van der Waals surface area contributed by atoms with Crippen LogP contribution in [0.3, 0.4) is 0 Å². The van der Waals surface area contributed by atoms with E-state index in [4.69, 9.17) is 0 Å². The van der Waals surface area contributed by atoms with Crippen molar-refractivity contribution in [3.8, 4) is 0 Å². The first-order valence-electron chi connectivity index (χ1n) is 4.89. The van der Waals surface area contributed by atoms with Gasteiger partial charge in [-0.1, -0.05) is 18.6 Å². The number of ketones is 1. The lowest BCUT2D eigenvalue weighted by atomic mass is 9.77. The standard InChI is InChI=1S/C11H16O/c1-7-4-6-10(12)11-8(2)3-5-9(7)11/h4,8-9,11H,3,5-6H2,1-2H3. The minimum atomic E-state index is 0.370. The third kappa shape index (κ3) is 1.03. The second-order valence-electron chi connectivity index (χ2n) is 4.31. The van der Waals surface area contributed by atoms with Crippen LogP contribution in [0.2, 0.25) is 0 Å². The number of hydrogen-bond donors (Lipinski definition) is 0. The van der Waals surface area contributed by atoms with Gasteiger partial charge in [0.15, 0.2) is 0 Å². The Morgan fingerprint density at radius 2 is 2.17 bits per heavy atom. The molecule has 1 nitrogen and oxygen atoms in total.